The summed E-state index contributed by atoms with van der Waals surface area (Å²) < 4.78 is 5.57. The van der Waals surface area contributed by atoms with Crippen molar-refractivity contribution in [1.82, 2.24) is 10.2 Å². The zero-order valence-corrected chi connectivity index (χ0v) is 14.4. The van der Waals surface area contributed by atoms with Crippen LogP contribution in [0.1, 0.15) is 37.7 Å². The van der Waals surface area contributed by atoms with Crippen molar-refractivity contribution in [1.29, 1.82) is 0 Å². The number of hydrogen-bond acceptors (Lipinski definition) is 3. The summed E-state index contributed by atoms with van der Waals surface area (Å²) in [5, 5.41) is 3.24. The van der Waals surface area contributed by atoms with E-state index in [0.29, 0.717) is 12.6 Å². The predicted molar refractivity (Wildman–Crippen MR) is 93.9 cm³/mol. The van der Waals surface area contributed by atoms with Gasteiger partial charge in [-0.2, -0.15) is 0 Å². The third-order valence-corrected chi connectivity index (χ3v) is 6.33. The van der Waals surface area contributed by atoms with Gasteiger partial charge in [0.05, 0.1) is 6.54 Å². The molecule has 1 aromatic rings. The van der Waals surface area contributed by atoms with Crippen LogP contribution in [0.25, 0.3) is 0 Å². The van der Waals surface area contributed by atoms with Gasteiger partial charge in [0.15, 0.2) is 0 Å². The van der Waals surface area contributed by atoms with Gasteiger partial charge in [-0.3, -0.25) is 9.69 Å². The largest absolute Gasteiger partial charge is 0.381 e. The fourth-order valence-corrected chi connectivity index (χ4v) is 4.85. The van der Waals surface area contributed by atoms with Crippen molar-refractivity contribution < 1.29 is 9.53 Å². The molecule has 4 heteroatoms. The van der Waals surface area contributed by atoms with E-state index in [9.17, 15) is 4.79 Å². The molecular formula is C20H28N2O2. The number of amides is 1. The number of nitrogens with zero attached hydrogens (tertiary/aromatic N) is 1. The van der Waals surface area contributed by atoms with Gasteiger partial charge >= 0.3 is 0 Å². The van der Waals surface area contributed by atoms with Crippen molar-refractivity contribution in [3.8, 4) is 0 Å². The molecular weight excluding hydrogens is 300 g/mol. The Morgan fingerprint density at radius 1 is 1.21 bits per heavy atom. The van der Waals surface area contributed by atoms with Crippen molar-refractivity contribution in [3.05, 3.63) is 35.9 Å². The van der Waals surface area contributed by atoms with Gasteiger partial charge in [0.2, 0.25) is 5.91 Å². The van der Waals surface area contributed by atoms with Crippen LogP contribution in [0, 0.1) is 5.92 Å². The van der Waals surface area contributed by atoms with Crippen LogP contribution >= 0.6 is 0 Å². The van der Waals surface area contributed by atoms with Crippen molar-refractivity contribution in [2.45, 2.75) is 43.6 Å². The smallest absolute Gasteiger partial charge is 0.234 e. The number of benzene rings is 1. The first kappa shape index (κ1) is 16.1. The number of rotatable bonds is 5. The molecule has 2 atom stereocenters. The molecule has 0 aromatic heterocycles. The molecule has 4 nitrogen and oxygen atoms in total. The standard InChI is InChI=1S/C20H28N2O2/c23-19(14-22-13-16-6-7-18(22)12-16)21-15-20(8-10-24-11-9-20)17-4-2-1-3-5-17/h1-5,16,18H,6-15H2,(H,21,23). The first-order chi connectivity index (χ1) is 11.8. The molecule has 1 saturated carbocycles. The Balaban J connectivity index is 1.37. The first-order valence-electron chi connectivity index (χ1n) is 9.39. The van der Waals surface area contributed by atoms with E-state index in [1.807, 2.05) is 0 Å². The van der Waals surface area contributed by atoms with Crippen molar-refractivity contribution in [2.75, 3.05) is 32.8 Å². The number of fused-ring (bicyclic) bond motifs is 2. The number of carbonyl (C=O) groups is 1. The van der Waals surface area contributed by atoms with Crippen LogP contribution in [0.15, 0.2) is 30.3 Å². The molecule has 0 spiro atoms. The minimum absolute atomic E-state index is 0.0270. The van der Waals surface area contributed by atoms with Gasteiger partial charge in [0.1, 0.15) is 0 Å². The van der Waals surface area contributed by atoms with E-state index in [1.54, 1.807) is 0 Å². The van der Waals surface area contributed by atoms with Crippen molar-refractivity contribution >= 4 is 5.91 Å². The van der Waals surface area contributed by atoms with Crippen LogP contribution in [0.2, 0.25) is 0 Å². The van der Waals surface area contributed by atoms with Gasteiger partial charge in [-0.1, -0.05) is 30.3 Å². The van der Waals surface area contributed by atoms with Crippen LogP contribution < -0.4 is 5.32 Å². The highest BCUT2D eigenvalue weighted by Crippen LogP contribution is 2.37. The molecule has 0 radical (unpaired) electrons. The molecule has 2 unspecified atom stereocenters. The average molecular weight is 328 g/mol. The molecule has 1 N–H and O–H groups in total. The summed E-state index contributed by atoms with van der Waals surface area (Å²) in [4.78, 5) is 14.9. The maximum absolute atomic E-state index is 12.5. The summed E-state index contributed by atoms with van der Waals surface area (Å²) in [5.74, 6) is 1.03. The van der Waals surface area contributed by atoms with E-state index >= 15 is 0 Å². The third-order valence-electron chi connectivity index (χ3n) is 6.33. The summed E-state index contributed by atoms with van der Waals surface area (Å²) in [6.45, 7) is 3.97. The molecule has 2 bridgehead atoms. The Kier molecular flexibility index (Phi) is 4.59. The maximum Gasteiger partial charge on any atom is 0.234 e. The Morgan fingerprint density at radius 2 is 2.00 bits per heavy atom. The fraction of sp³-hybridized carbons (Fsp3) is 0.650. The molecule has 3 fully saturated rings. The second-order valence-electron chi connectivity index (χ2n) is 7.80. The van der Waals surface area contributed by atoms with E-state index in [4.69, 9.17) is 4.74 Å². The van der Waals surface area contributed by atoms with E-state index in [-0.39, 0.29) is 11.3 Å². The van der Waals surface area contributed by atoms with Crippen LogP contribution in [0.3, 0.4) is 0 Å². The van der Waals surface area contributed by atoms with Crippen LogP contribution in [0.5, 0.6) is 0 Å². The fourth-order valence-electron chi connectivity index (χ4n) is 4.85. The number of carbonyl (C=O) groups excluding carboxylic acids is 1. The van der Waals surface area contributed by atoms with E-state index in [0.717, 1.165) is 45.1 Å². The second kappa shape index (κ2) is 6.85. The van der Waals surface area contributed by atoms with Gasteiger partial charge in [0, 0.05) is 37.8 Å². The first-order valence-corrected chi connectivity index (χ1v) is 9.39. The molecule has 24 heavy (non-hydrogen) atoms. The van der Waals surface area contributed by atoms with Crippen LogP contribution in [0.4, 0.5) is 0 Å². The molecule has 1 aliphatic carbocycles. The lowest BCUT2D eigenvalue weighted by Crippen LogP contribution is -2.48. The zero-order valence-electron chi connectivity index (χ0n) is 14.4. The Hall–Kier alpha value is -1.39. The third kappa shape index (κ3) is 3.22. The maximum atomic E-state index is 12.5. The van der Waals surface area contributed by atoms with Crippen LogP contribution in [-0.4, -0.2) is 49.7 Å². The molecule has 4 rings (SSSR count). The molecule has 1 aromatic carbocycles. The Bertz CT molecular complexity index is 568. The van der Waals surface area contributed by atoms with Gasteiger partial charge in [0.25, 0.3) is 0 Å². The van der Waals surface area contributed by atoms with Gasteiger partial charge in [-0.25, -0.2) is 0 Å². The predicted octanol–water partition coefficient (Wildman–Crippen LogP) is 2.34. The molecule has 1 amide bonds. The van der Waals surface area contributed by atoms with Crippen molar-refractivity contribution in [2.24, 2.45) is 5.92 Å². The zero-order chi connectivity index (χ0) is 16.4. The summed E-state index contributed by atoms with van der Waals surface area (Å²) >= 11 is 0. The van der Waals surface area contributed by atoms with Crippen molar-refractivity contribution in [3.63, 3.8) is 0 Å². The minimum atomic E-state index is 0.0270. The van der Waals surface area contributed by atoms with E-state index < -0.39 is 0 Å². The topological polar surface area (TPSA) is 41.6 Å². The summed E-state index contributed by atoms with van der Waals surface area (Å²) in [6.07, 6.45) is 5.90. The number of piperidine rings is 1. The number of ether oxygens (including phenoxy) is 1. The average Bonchev–Trinajstić information content (AvgIpc) is 3.25. The van der Waals surface area contributed by atoms with Gasteiger partial charge in [-0.15, -0.1) is 0 Å². The minimum Gasteiger partial charge on any atom is -0.381 e. The highest BCUT2D eigenvalue weighted by atomic mass is 16.5. The molecule has 2 heterocycles. The Morgan fingerprint density at radius 3 is 2.67 bits per heavy atom. The van der Waals surface area contributed by atoms with Gasteiger partial charge < -0.3 is 10.1 Å². The monoisotopic (exact) mass is 328 g/mol. The lowest BCUT2D eigenvalue weighted by molar-refractivity contribution is -0.123. The highest BCUT2D eigenvalue weighted by Gasteiger charge is 2.39. The van der Waals surface area contributed by atoms with Crippen LogP contribution in [-0.2, 0) is 14.9 Å². The van der Waals surface area contributed by atoms with E-state index in [2.05, 4.69) is 40.5 Å². The SMILES string of the molecule is O=C(CN1CC2CCC1C2)NCC1(c2ccccc2)CCOCC1. The number of nitrogens with one attached hydrogen (secondary N) is 1. The molecule has 3 aliphatic rings. The number of hydrogen-bond donors (Lipinski definition) is 1. The van der Waals surface area contributed by atoms with E-state index in [1.165, 1.54) is 24.8 Å². The lowest BCUT2D eigenvalue weighted by atomic mass is 9.74. The molecule has 2 saturated heterocycles. The van der Waals surface area contributed by atoms with Gasteiger partial charge in [-0.05, 0) is 43.6 Å². The Labute approximate surface area is 144 Å². The normalized spacial score (nSPS) is 28.8. The lowest BCUT2D eigenvalue weighted by Gasteiger charge is -2.38. The number of likely N-dealkylation sites (tertiary alicyclic amines) is 1. The quantitative estimate of drug-likeness (QED) is 0.902. The summed E-state index contributed by atoms with van der Waals surface area (Å²) in [5.41, 5.74) is 1.35. The molecule has 2 aliphatic heterocycles. The summed E-state index contributed by atoms with van der Waals surface area (Å²) in [7, 11) is 0. The summed E-state index contributed by atoms with van der Waals surface area (Å²) in [6, 6.07) is 11.3. The molecule has 130 valence electrons. The highest BCUT2D eigenvalue weighted by molar-refractivity contribution is 5.78. The second-order valence-corrected chi connectivity index (χ2v) is 7.80.